The van der Waals surface area contributed by atoms with Gasteiger partial charge in [0.15, 0.2) is 0 Å². The number of fused-ring (bicyclic) bond motifs is 1. The minimum Gasteiger partial charge on any atom is -0.316 e. The van der Waals surface area contributed by atoms with Crippen LogP contribution in [0.1, 0.15) is 53.0 Å². The zero-order valence-corrected chi connectivity index (χ0v) is 16.7. The van der Waals surface area contributed by atoms with Crippen molar-refractivity contribution in [2.45, 2.75) is 39.3 Å². The summed E-state index contributed by atoms with van der Waals surface area (Å²) in [6, 6.07) is 4.29. The van der Waals surface area contributed by atoms with Gasteiger partial charge in [0.1, 0.15) is 6.04 Å². The fraction of sp³-hybridized carbons (Fsp3) is 0.524. The van der Waals surface area contributed by atoms with E-state index in [0.717, 1.165) is 30.1 Å². The first-order valence-corrected chi connectivity index (χ1v) is 10.0. The van der Waals surface area contributed by atoms with E-state index in [4.69, 9.17) is 0 Å². The molecule has 1 atom stereocenters. The summed E-state index contributed by atoms with van der Waals surface area (Å²) in [5.74, 6) is -1.27. The van der Waals surface area contributed by atoms with Gasteiger partial charge in [-0.25, -0.2) is 0 Å². The summed E-state index contributed by atoms with van der Waals surface area (Å²) < 4.78 is 0. The quantitative estimate of drug-likeness (QED) is 0.600. The monoisotopic (exact) mass is 398 g/mol. The zero-order valence-electron chi connectivity index (χ0n) is 16.7. The Bertz CT molecular complexity index is 891. The van der Waals surface area contributed by atoms with Crippen molar-refractivity contribution in [2.24, 2.45) is 11.3 Å². The molecule has 29 heavy (non-hydrogen) atoms. The number of carbonyl (C=O) groups excluding carboxylic acids is 4. The summed E-state index contributed by atoms with van der Waals surface area (Å²) in [5.41, 5.74) is 1.72. The minimum absolute atomic E-state index is 0.116. The molecule has 2 saturated heterocycles. The summed E-state index contributed by atoms with van der Waals surface area (Å²) in [5, 5.41) is 8.96. The second-order valence-corrected chi connectivity index (χ2v) is 8.77. The molecule has 2 fully saturated rings. The zero-order chi connectivity index (χ0) is 20.8. The fourth-order valence-corrected chi connectivity index (χ4v) is 4.14. The lowest BCUT2D eigenvalue weighted by Gasteiger charge is -2.41. The second-order valence-electron chi connectivity index (χ2n) is 8.77. The van der Waals surface area contributed by atoms with Gasteiger partial charge >= 0.3 is 0 Å². The van der Waals surface area contributed by atoms with Crippen molar-refractivity contribution in [1.82, 2.24) is 20.9 Å². The molecule has 4 amide bonds. The van der Waals surface area contributed by atoms with E-state index in [0.29, 0.717) is 23.6 Å². The molecule has 3 N–H and O–H groups in total. The van der Waals surface area contributed by atoms with Gasteiger partial charge in [-0.2, -0.15) is 0 Å². The van der Waals surface area contributed by atoms with E-state index in [9.17, 15) is 19.2 Å². The number of hydrogen-bond acceptors (Lipinski definition) is 6. The summed E-state index contributed by atoms with van der Waals surface area (Å²) >= 11 is 0. The highest BCUT2D eigenvalue weighted by Gasteiger charge is 2.44. The van der Waals surface area contributed by atoms with Crippen molar-refractivity contribution in [3.63, 3.8) is 0 Å². The summed E-state index contributed by atoms with van der Waals surface area (Å²) in [7, 11) is 0. The van der Waals surface area contributed by atoms with Gasteiger partial charge in [0.05, 0.1) is 11.1 Å². The third-order valence-electron chi connectivity index (χ3n) is 6.30. The van der Waals surface area contributed by atoms with Crippen LogP contribution in [0, 0.1) is 11.3 Å². The third-order valence-corrected chi connectivity index (χ3v) is 6.30. The molecule has 0 aliphatic carbocycles. The topological polar surface area (TPSA) is 108 Å². The van der Waals surface area contributed by atoms with Gasteiger partial charge in [0.2, 0.25) is 11.8 Å². The number of imide groups is 2. The smallest absolute Gasteiger partial charge is 0.262 e. The SMILES string of the molecule is CC(C)(CNCc1ccc2c(c1)C(=O)N(C1CCC(=O)NC1=O)C2=O)C1CNC1. The molecule has 154 valence electrons. The lowest BCUT2D eigenvalue weighted by atomic mass is 9.75. The van der Waals surface area contributed by atoms with Gasteiger partial charge in [-0.1, -0.05) is 19.9 Å². The highest BCUT2D eigenvalue weighted by molar-refractivity contribution is 6.23. The molecule has 1 unspecified atom stereocenters. The Morgan fingerprint density at radius 3 is 2.48 bits per heavy atom. The molecule has 1 aromatic carbocycles. The van der Waals surface area contributed by atoms with Crippen LogP contribution in [0.5, 0.6) is 0 Å². The highest BCUT2D eigenvalue weighted by atomic mass is 16.2. The van der Waals surface area contributed by atoms with Crippen molar-refractivity contribution < 1.29 is 19.2 Å². The minimum atomic E-state index is -0.932. The van der Waals surface area contributed by atoms with Gasteiger partial charge < -0.3 is 10.6 Å². The van der Waals surface area contributed by atoms with E-state index in [2.05, 4.69) is 29.8 Å². The second kappa shape index (κ2) is 7.35. The molecular weight excluding hydrogens is 372 g/mol. The van der Waals surface area contributed by atoms with Gasteiger partial charge in [-0.3, -0.25) is 29.4 Å². The molecule has 3 aliphatic rings. The Kier molecular flexibility index (Phi) is 5.00. The predicted octanol–water partition coefficient (Wildman–Crippen LogP) is 0.423. The molecule has 4 rings (SSSR count). The van der Waals surface area contributed by atoms with Crippen LogP contribution in [0.25, 0.3) is 0 Å². The van der Waals surface area contributed by atoms with Crippen LogP contribution in [0.3, 0.4) is 0 Å². The van der Waals surface area contributed by atoms with E-state index in [1.165, 1.54) is 0 Å². The van der Waals surface area contributed by atoms with Crippen molar-refractivity contribution in [3.8, 4) is 0 Å². The number of hydrogen-bond donors (Lipinski definition) is 3. The normalized spacial score (nSPS) is 22.6. The summed E-state index contributed by atoms with van der Waals surface area (Å²) in [4.78, 5) is 50.1. The van der Waals surface area contributed by atoms with Gasteiger partial charge in [0.25, 0.3) is 11.8 Å². The number of nitrogens with zero attached hydrogens (tertiary/aromatic N) is 1. The van der Waals surface area contributed by atoms with Crippen molar-refractivity contribution in [2.75, 3.05) is 19.6 Å². The van der Waals surface area contributed by atoms with Crippen LogP contribution in [0.4, 0.5) is 0 Å². The Morgan fingerprint density at radius 2 is 1.83 bits per heavy atom. The lowest BCUT2D eigenvalue weighted by Crippen LogP contribution is -2.54. The van der Waals surface area contributed by atoms with Crippen molar-refractivity contribution in [1.29, 1.82) is 0 Å². The van der Waals surface area contributed by atoms with E-state index < -0.39 is 23.8 Å². The van der Waals surface area contributed by atoms with Crippen LogP contribution in [0.15, 0.2) is 18.2 Å². The maximum absolute atomic E-state index is 12.9. The molecular formula is C21H26N4O4. The van der Waals surface area contributed by atoms with Crippen LogP contribution in [-0.4, -0.2) is 54.2 Å². The molecule has 0 saturated carbocycles. The Hall–Kier alpha value is -2.58. The number of rotatable bonds is 6. The molecule has 3 aliphatic heterocycles. The van der Waals surface area contributed by atoms with Crippen molar-refractivity contribution >= 4 is 23.6 Å². The van der Waals surface area contributed by atoms with Crippen molar-refractivity contribution in [3.05, 3.63) is 34.9 Å². The highest BCUT2D eigenvalue weighted by Crippen LogP contribution is 2.30. The lowest BCUT2D eigenvalue weighted by molar-refractivity contribution is -0.136. The Balaban J connectivity index is 1.44. The molecule has 0 spiro atoms. The van der Waals surface area contributed by atoms with E-state index >= 15 is 0 Å². The molecule has 3 heterocycles. The van der Waals surface area contributed by atoms with Crippen LogP contribution in [0.2, 0.25) is 0 Å². The summed E-state index contributed by atoms with van der Waals surface area (Å²) in [6.45, 7) is 8.02. The van der Waals surface area contributed by atoms with E-state index in [1.807, 2.05) is 6.07 Å². The maximum Gasteiger partial charge on any atom is 0.262 e. The van der Waals surface area contributed by atoms with E-state index in [1.54, 1.807) is 12.1 Å². The Morgan fingerprint density at radius 1 is 1.10 bits per heavy atom. The van der Waals surface area contributed by atoms with Crippen LogP contribution < -0.4 is 16.0 Å². The predicted molar refractivity (Wildman–Crippen MR) is 105 cm³/mol. The average Bonchev–Trinajstić information content (AvgIpc) is 2.84. The number of piperidine rings is 1. The maximum atomic E-state index is 12.9. The van der Waals surface area contributed by atoms with Gasteiger partial charge in [-0.05, 0) is 48.5 Å². The molecule has 0 aromatic heterocycles. The first-order chi connectivity index (χ1) is 13.8. The fourth-order valence-electron chi connectivity index (χ4n) is 4.14. The number of nitrogens with one attached hydrogen (secondary N) is 3. The first kappa shape index (κ1) is 19.7. The molecule has 0 bridgehead atoms. The average molecular weight is 398 g/mol. The van der Waals surface area contributed by atoms with Gasteiger partial charge in [-0.15, -0.1) is 0 Å². The van der Waals surface area contributed by atoms with Crippen LogP contribution in [-0.2, 0) is 16.1 Å². The third kappa shape index (κ3) is 3.58. The van der Waals surface area contributed by atoms with Crippen LogP contribution >= 0.6 is 0 Å². The van der Waals surface area contributed by atoms with Gasteiger partial charge in [0, 0.05) is 19.5 Å². The largest absolute Gasteiger partial charge is 0.316 e. The molecule has 8 heteroatoms. The molecule has 1 aromatic rings. The molecule has 0 radical (unpaired) electrons. The number of amides is 4. The standard InChI is InChI=1S/C21H26N4O4/c1-21(2,13-9-22-10-13)11-23-8-12-3-4-14-15(7-12)20(29)25(19(14)28)16-5-6-17(26)24-18(16)27/h3-4,7,13,16,22-23H,5-6,8-11H2,1-2H3,(H,24,26,27). The molecule has 8 nitrogen and oxygen atoms in total. The Labute approximate surface area is 169 Å². The number of carbonyl (C=O) groups is 4. The number of benzene rings is 1. The first-order valence-electron chi connectivity index (χ1n) is 10.0. The summed E-state index contributed by atoms with van der Waals surface area (Å²) in [6.07, 6.45) is 0.279. The van der Waals surface area contributed by atoms with E-state index in [-0.39, 0.29) is 24.2 Å².